The lowest BCUT2D eigenvalue weighted by Crippen LogP contribution is -2.30. The quantitative estimate of drug-likeness (QED) is 0.334. The highest BCUT2D eigenvalue weighted by molar-refractivity contribution is 7.99. The van der Waals surface area contributed by atoms with Crippen LogP contribution in [0.25, 0.3) is 10.9 Å². The number of carbonyl (C=O) groups is 2. The van der Waals surface area contributed by atoms with Gasteiger partial charge in [-0.05, 0) is 34.5 Å². The molecule has 146 valence electrons. The van der Waals surface area contributed by atoms with Crippen molar-refractivity contribution in [2.75, 3.05) is 19.9 Å². The Morgan fingerprint density at radius 1 is 1.29 bits per heavy atom. The maximum Gasteiger partial charge on any atom is 0.325 e. The normalized spacial score (nSPS) is 10.8. The second-order valence-corrected chi connectivity index (χ2v) is 7.77. The molecule has 28 heavy (non-hydrogen) atoms. The molecule has 0 bridgehead atoms. The van der Waals surface area contributed by atoms with Gasteiger partial charge in [-0.15, -0.1) is 0 Å². The number of fused-ring (bicyclic) bond motifs is 1. The number of hydrogen-bond donors (Lipinski definition) is 0. The predicted octanol–water partition coefficient (Wildman–Crippen LogP) is 2.38. The van der Waals surface area contributed by atoms with E-state index in [9.17, 15) is 14.4 Å². The van der Waals surface area contributed by atoms with E-state index < -0.39 is 5.97 Å². The Labute approximate surface area is 169 Å². The molecule has 1 aromatic carbocycles. The molecule has 9 heteroatoms. The lowest BCUT2D eigenvalue weighted by molar-refractivity contribution is -0.141. The van der Waals surface area contributed by atoms with Crippen molar-refractivity contribution in [3.8, 4) is 0 Å². The van der Waals surface area contributed by atoms with E-state index >= 15 is 0 Å². The van der Waals surface area contributed by atoms with Crippen molar-refractivity contribution in [1.29, 1.82) is 0 Å². The van der Waals surface area contributed by atoms with Crippen LogP contribution in [0.15, 0.2) is 51.0 Å². The topological polar surface area (TPSA) is 81.5 Å². The Balaban J connectivity index is 1.82. The zero-order chi connectivity index (χ0) is 20.1. The van der Waals surface area contributed by atoms with Gasteiger partial charge in [0.25, 0.3) is 5.56 Å². The van der Waals surface area contributed by atoms with Gasteiger partial charge in [0.2, 0.25) is 5.91 Å². The first-order chi connectivity index (χ1) is 13.5. The Bertz CT molecular complexity index is 1050. The summed E-state index contributed by atoms with van der Waals surface area (Å²) >= 11 is 2.71. The first-order valence-electron chi connectivity index (χ1n) is 8.44. The van der Waals surface area contributed by atoms with E-state index in [2.05, 4.69) is 9.72 Å². The number of thioether (sulfide) groups is 1. The minimum absolute atomic E-state index is 0.0942. The van der Waals surface area contributed by atoms with Crippen LogP contribution in [-0.4, -0.2) is 46.2 Å². The molecule has 0 saturated heterocycles. The molecule has 0 spiro atoms. The van der Waals surface area contributed by atoms with Crippen molar-refractivity contribution < 1.29 is 14.3 Å². The van der Waals surface area contributed by atoms with Crippen LogP contribution in [-0.2, 0) is 27.4 Å². The van der Waals surface area contributed by atoms with Crippen molar-refractivity contribution in [2.24, 2.45) is 0 Å². The zero-order valence-corrected chi connectivity index (χ0v) is 17.1. The molecule has 0 aliphatic heterocycles. The number of nitrogens with zero attached hydrogens (tertiary/aromatic N) is 3. The number of benzene rings is 1. The van der Waals surface area contributed by atoms with Crippen molar-refractivity contribution in [3.05, 3.63) is 57.0 Å². The third-order valence-corrected chi connectivity index (χ3v) is 5.79. The molecule has 3 aromatic rings. The van der Waals surface area contributed by atoms with Gasteiger partial charge in [-0.25, -0.2) is 4.98 Å². The molecular weight excluding hydrogens is 398 g/mol. The summed E-state index contributed by atoms with van der Waals surface area (Å²) in [6.45, 7) is 0.261. The standard InChI is InChI=1S/C19H19N3O4S2/c1-21(9-13-7-8-27-11-13)16(23)12-28-19-20-15-6-4-3-5-14(15)18(25)22(19)10-17(24)26-2/h3-8,11H,9-10,12H2,1-2H3. The molecule has 0 atom stereocenters. The molecule has 3 rings (SSSR count). The van der Waals surface area contributed by atoms with Crippen LogP contribution in [0.1, 0.15) is 5.56 Å². The average molecular weight is 418 g/mol. The van der Waals surface area contributed by atoms with Gasteiger partial charge in [0, 0.05) is 13.6 Å². The summed E-state index contributed by atoms with van der Waals surface area (Å²) < 4.78 is 5.94. The molecule has 0 radical (unpaired) electrons. The number of para-hydroxylation sites is 1. The largest absolute Gasteiger partial charge is 0.468 e. The van der Waals surface area contributed by atoms with Crippen LogP contribution in [0.3, 0.4) is 0 Å². The van der Waals surface area contributed by atoms with Gasteiger partial charge in [0.1, 0.15) is 6.54 Å². The lowest BCUT2D eigenvalue weighted by Gasteiger charge is -2.17. The Kier molecular flexibility index (Phi) is 6.48. The molecule has 7 nitrogen and oxygen atoms in total. The Hall–Kier alpha value is -2.65. The SMILES string of the molecule is COC(=O)Cn1c(SCC(=O)N(C)Cc2ccsc2)nc2ccccc2c1=O. The third kappa shape index (κ3) is 4.60. The minimum atomic E-state index is -0.554. The average Bonchev–Trinajstić information content (AvgIpc) is 3.21. The van der Waals surface area contributed by atoms with E-state index in [4.69, 9.17) is 0 Å². The van der Waals surface area contributed by atoms with Crippen molar-refractivity contribution in [1.82, 2.24) is 14.5 Å². The Morgan fingerprint density at radius 2 is 2.07 bits per heavy atom. The summed E-state index contributed by atoms with van der Waals surface area (Å²) in [4.78, 5) is 43.1. The number of esters is 1. The molecule has 0 saturated carbocycles. The number of carbonyl (C=O) groups excluding carboxylic acids is 2. The second kappa shape index (κ2) is 9.03. The molecule has 2 heterocycles. The molecule has 0 aliphatic rings. The fourth-order valence-electron chi connectivity index (χ4n) is 2.57. The summed E-state index contributed by atoms with van der Waals surface area (Å²) in [5.41, 5.74) is 1.25. The highest BCUT2D eigenvalue weighted by Crippen LogP contribution is 2.19. The Morgan fingerprint density at radius 3 is 2.79 bits per heavy atom. The number of ether oxygens (including phenoxy) is 1. The zero-order valence-electron chi connectivity index (χ0n) is 15.5. The van der Waals surface area contributed by atoms with Crippen LogP contribution < -0.4 is 5.56 Å². The van der Waals surface area contributed by atoms with Crippen LogP contribution in [0, 0.1) is 0 Å². The summed E-state index contributed by atoms with van der Waals surface area (Å²) in [5.74, 6) is -0.544. The van der Waals surface area contributed by atoms with E-state index in [-0.39, 0.29) is 23.8 Å². The highest BCUT2D eigenvalue weighted by Gasteiger charge is 2.17. The molecule has 2 aromatic heterocycles. The number of aromatic nitrogens is 2. The number of methoxy groups -OCH3 is 1. The molecule has 0 unspecified atom stereocenters. The maximum atomic E-state index is 12.8. The summed E-state index contributed by atoms with van der Waals surface area (Å²) in [7, 11) is 2.99. The van der Waals surface area contributed by atoms with Gasteiger partial charge < -0.3 is 9.64 Å². The number of amides is 1. The van der Waals surface area contributed by atoms with Gasteiger partial charge in [0.05, 0.1) is 23.8 Å². The molecule has 0 N–H and O–H groups in total. The molecule has 0 fully saturated rings. The molecular formula is C19H19N3O4S2. The van der Waals surface area contributed by atoms with Gasteiger partial charge in [-0.1, -0.05) is 23.9 Å². The lowest BCUT2D eigenvalue weighted by atomic mass is 10.2. The predicted molar refractivity (Wildman–Crippen MR) is 110 cm³/mol. The van der Waals surface area contributed by atoms with Gasteiger partial charge in [0.15, 0.2) is 5.16 Å². The smallest absolute Gasteiger partial charge is 0.325 e. The number of hydrogen-bond acceptors (Lipinski definition) is 7. The van der Waals surface area contributed by atoms with Crippen molar-refractivity contribution >= 4 is 45.9 Å². The van der Waals surface area contributed by atoms with E-state index in [1.165, 1.54) is 11.7 Å². The fraction of sp³-hybridized carbons (Fsp3) is 0.263. The summed E-state index contributed by atoms with van der Waals surface area (Å²) in [6.07, 6.45) is 0. The van der Waals surface area contributed by atoms with Gasteiger partial charge in [-0.2, -0.15) is 11.3 Å². The monoisotopic (exact) mass is 417 g/mol. The molecule has 1 amide bonds. The second-order valence-electron chi connectivity index (χ2n) is 6.05. The van der Waals surface area contributed by atoms with Crippen LogP contribution >= 0.6 is 23.1 Å². The summed E-state index contributed by atoms with van der Waals surface area (Å²) in [6, 6.07) is 8.89. The van der Waals surface area contributed by atoms with Crippen LogP contribution in [0.4, 0.5) is 0 Å². The van der Waals surface area contributed by atoms with Gasteiger partial charge in [-0.3, -0.25) is 19.0 Å². The number of rotatable bonds is 7. The summed E-state index contributed by atoms with van der Waals surface area (Å²) in [5, 5.41) is 4.69. The molecule has 0 aliphatic carbocycles. The van der Waals surface area contributed by atoms with Crippen LogP contribution in [0.5, 0.6) is 0 Å². The van der Waals surface area contributed by atoms with E-state index in [0.29, 0.717) is 22.6 Å². The third-order valence-electron chi connectivity index (χ3n) is 4.09. The minimum Gasteiger partial charge on any atom is -0.468 e. The van der Waals surface area contributed by atoms with Crippen LogP contribution in [0.2, 0.25) is 0 Å². The van der Waals surface area contributed by atoms with Gasteiger partial charge >= 0.3 is 5.97 Å². The first-order valence-corrected chi connectivity index (χ1v) is 10.4. The maximum absolute atomic E-state index is 12.8. The van der Waals surface area contributed by atoms with E-state index in [0.717, 1.165) is 17.3 Å². The van der Waals surface area contributed by atoms with Crippen molar-refractivity contribution in [2.45, 2.75) is 18.2 Å². The highest BCUT2D eigenvalue weighted by atomic mass is 32.2. The fourth-order valence-corrected chi connectivity index (χ4v) is 4.17. The van der Waals surface area contributed by atoms with E-state index in [1.54, 1.807) is 47.5 Å². The first kappa shape index (κ1) is 20.1. The number of thiophene rings is 1. The van der Waals surface area contributed by atoms with E-state index in [1.807, 2.05) is 16.8 Å². The van der Waals surface area contributed by atoms with Crippen molar-refractivity contribution in [3.63, 3.8) is 0 Å².